The number of carbonyl (C=O) groups is 1. The zero-order valence-electron chi connectivity index (χ0n) is 14.3. The molecule has 1 atom stereocenters. The van der Waals surface area contributed by atoms with Crippen LogP contribution in [0.4, 0.5) is 8.78 Å². The zero-order valence-corrected chi connectivity index (χ0v) is 16.6. The molecule has 0 bridgehead atoms. The molecule has 0 aliphatic rings. The first-order valence-electron chi connectivity index (χ1n) is 7.80. The molecule has 3 aromatic rings. The molecule has 0 aliphatic carbocycles. The molecule has 1 amide bonds. The van der Waals surface area contributed by atoms with E-state index in [9.17, 15) is 22.0 Å². The Hall–Kier alpha value is -2.53. The molecule has 12 heteroatoms. The van der Waals surface area contributed by atoms with Gasteiger partial charge in [-0.1, -0.05) is 29.3 Å². The molecule has 0 aliphatic heterocycles. The maximum absolute atomic E-state index is 14.4. The number of halogens is 4. The smallest absolute Gasteiger partial charge is 0.240 e. The summed E-state index contributed by atoms with van der Waals surface area (Å²) in [6.45, 7) is 0. The predicted molar refractivity (Wildman–Crippen MR) is 102 cm³/mol. The van der Waals surface area contributed by atoms with Crippen molar-refractivity contribution < 1.29 is 22.0 Å². The summed E-state index contributed by atoms with van der Waals surface area (Å²) < 4.78 is 53.2. The van der Waals surface area contributed by atoms with E-state index in [-0.39, 0.29) is 21.3 Å². The SMILES string of the molecule is NC(=O)C(c1ccc(-n2cc(Cl)cn2)c(S(N)(=O)=O)c1)c1c(F)cc(F)cc1Cl. The Morgan fingerprint density at radius 3 is 2.38 bits per heavy atom. The monoisotopic (exact) mass is 460 g/mol. The summed E-state index contributed by atoms with van der Waals surface area (Å²) in [4.78, 5) is 11.7. The van der Waals surface area contributed by atoms with Crippen LogP contribution < -0.4 is 10.9 Å². The minimum absolute atomic E-state index is 0.0177. The summed E-state index contributed by atoms with van der Waals surface area (Å²) in [5.74, 6) is -4.60. The van der Waals surface area contributed by atoms with Crippen molar-refractivity contribution in [2.75, 3.05) is 0 Å². The largest absolute Gasteiger partial charge is 0.369 e. The van der Waals surface area contributed by atoms with Gasteiger partial charge in [0.2, 0.25) is 15.9 Å². The number of primary sulfonamides is 1. The lowest BCUT2D eigenvalue weighted by molar-refractivity contribution is -0.118. The topological polar surface area (TPSA) is 121 Å². The highest BCUT2D eigenvalue weighted by Gasteiger charge is 2.29. The fourth-order valence-electron chi connectivity index (χ4n) is 2.86. The lowest BCUT2D eigenvalue weighted by atomic mass is 9.90. The number of nitrogens with zero attached hydrogens (tertiary/aromatic N) is 2. The molecule has 3 rings (SSSR count). The third-order valence-electron chi connectivity index (χ3n) is 4.04. The molecule has 0 fully saturated rings. The minimum Gasteiger partial charge on any atom is -0.369 e. The number of primary amides is 1. The first-order valence-corrected chi connectivity index (χ1v) is 10.1. The van der Waals surface area contributed by atoms with Gasteiger partial charge in [0.25, 0.3) is 0 Å². The van der Waals surface area contributed by atoms with Crippen LogP contribution in [-0.4, -0.2) is 24.1 Å². The highest BCUT2D eigenvalue weighted by atomic mass is 35.5. The standard InChI is InChI=1S/C17H12Cl2F2N4O3S/c18-9-6-24-25(7-9)13-2-1-8(3-14(13)29(23,27)28)15(17(22)26)16-11(19)4-10(20)5-12(16)21/h1-7,15H,(H2,22,26)(H2,23,27,28). The maximum atomic E-state index is 14.4. The van der Waals surface area contributed by atoms with Gasteiger partial charge < -0.3 is 5.73 Å². The number of benzene rings is 2. The Bertz CT molecular complexity index is 1210. The second-order valence-corrected chi connectivity index (χ2v) is 8.37. The number of hydrogen-bond donors (Lipinski definition) is 2. The average Bonchev–Trinajstić information content (AvgIpc) is 3.02. The Morgan fingerprint density at radius 1 is 1.17 bits per heavy atom. The quantitative estimate of drug-likeness (QED) is 0.607. The number of amides is 1. The molecule has 0 saturated carbocycles. The first kappa shape index (κ1) is 21.2. The predicted octanol–water partition coefficient (Wildman–Crippen LogP) is 2.72. The molecule has 0 spiro atoms. The van der Waals surface area contributed by atoms with Gasteiger partial charge in [0.1, 0.15) is 16.5 Å². The van der Waals surface area contributed by atoms with Crippen molar-refractivity contribution in [1.29, 1.82) is 0 Å². The normalized spacial score (nSPS) is 12.7. The van der Waals surface area contributed by atoms with Crippen molar-refractivity contribution in [2.24, 2.45) is 10.9 Å². The number of carbonyl (C=O) groups excluding carboxylic acids is 1. The van der Waals surface area contributed by atoms with Crippen molar-refractivity contribution in [3.8, 4) is 5.69 Å². The Morgan fingerprint density at radius 2 is 1.86 bits per heavy atom. The van der Waals surface area contributed by atoms with Crippen LogP contribution >= 0.6 is 23.2 Å². The van der Waals surface area contributed by atoms with E-state index in [2.05, 4.69) is 5.10 Å². The first-order chi connectivity index (χ1) is 13.5. The summed E-state index contributed by atoms with van der Waals surface area (Å²) in [6, 6.07) is 5.03. The number of rotatable bonds is 5. The third-order valence-corrected chi connectivity index (χ3v) is 5.49. The van der Waals surface area contributed by atoms with Crippen LogP contribution in [0.15, 0.2) is 47.6 Å². The molecule has 1 aromatic heterocycles. The van der Waals surface area contributed by atoms with E-state index in [0.29, 0.717) is 6.07 Å². The number of hydrogen-bond acceptors (Lipinski definition) is 4. The van der Waals surface area contributed by atoms with Crippen LogP contribution in [0.2, 0.25) is 10.0 Å². The summed E-state index contributed by atoms with van der Waals surface area (Å²) in [5, 5.41) is 9.07. The zero-order chi connectivity index (χ0) is 21.5. The highest BCUT2D eigenvalue weighted by molar-refractivity contribution is 7.89. The molecule has 29 heavy (non-hydrogen) atoms. The van der Waals surface area contributed by atoms with Gasteiger partial charge in [-0.3, -0.25) is 4.79 Å². The van der Waals surface area contributed by atoms with E-state index < -0.39 is 43.9 Å². The molecule has 0 saturated heterocycles. The number of sulfonamides is 1. The van der Waals surface area contributed by atoms with E-state index >= 15 is 0 Å². The van der Waals surface area contributed by atoms with E-state index in [0.717, 1.165) is 16.8 Å². The van der Waals surface area contributed by atoms with E-state index in [4.69, 9.17) is 34.1 Å². The Kier molecular flexibility index (Phi) is 5.63. The molecule has 152 valence electrons. The molecular weight excluding hydrogens is 449 g/mol. The van der Waals surface area contributed by atoms with Crippen molar-refractivity contribution in [3.05, 3.63) is 75.5 Å². The van der Waals surface area contributed by atoms with Crippen LogP contribution in [0.3, 0.4) is 0 Å². The van der Waals surface area contributed by atoms with Crippen LogP contribution in [0.5, 0.6) is 0 Å². The molecule has 0 radical (unpaired) electrons. The summed E-state index contributed by atoms with van der Waals surface area (Å²) in [5.41, 5.74) is 5.04. The van der Waals surface area contributed by atoms with Crippen molar-refractivity contribution >= 4 is 39.1 Å². The number of aromatic nitrogens is 2. The van der Waals surface area contributed by atoms with Gasteiger partial charge in [0, 0.05) is 17.8 Å². The van der Waals surface area contributed by atoms with E-state index in [1.54, 1.807) is 0 Å². The molecule has 2 aromatic carbocycles. The highest BCUT2D eigenvalue weighted by Crippen LogP contribution is 2.35. The Balaban J connectivity index is 2.25. The van der Waals surface area contributed by atoms with Gasteiger partial charge in [-0.2, -0.15) is 5.10 Å². The lowest BCUT2D eigenvalue weighted by Gasteiger charge is -2.19. The lowest BCUT2D eigenvalue weighted by Crippen LogP contribution is -2.25. The van der Waals surface area contributed by atoms with Crippen LogP contribution in [0.1, 0.15) is 17.0 Å². The summed E-state index contributed by atoms with van der Waals surface area (Å²) in [7, 11) is -4.31. The molecule has 7 nitrogen and oxygen atoms in total. The summed E-state index contributed by atoms with van der Waals surface area (Å²) in [6.07, 6.45) is 2.62. The number of nitrogens with two attached hydrogens (primary N) is 2. The van der Waals surface area contributed by atoms with Gasteiger partial charge in [-0.05, 0) is 23.8 Å². The fourth-order valence-corrected chi connectivity index (χ4v) is 4.06. The van der Waals surface area contributed by atoms with Gasteiger partial charge in [0.15, 0.2) is 0 Å². The molecule has 4 N–H and O–H groups in total. The average molecular weight is 461 g/mol. The summed E-state index contributed by atoms with van der Waals surface area (Å²) >= 11 is 11.7. The van der Waals surface area contributed by atoms with Crippen LogP contribution in [-0.2, 0) is 14.8 Å². The van der Waals surface area contributed by atoms with Crippen molar-refractivity contribution in [1.82, 2.24) is 9.78 Å². The maximum Gasteiger partial charge on any atom is 0.240 e. The van der Waals surface area contributed by atoms with Crippen LogP contribution in [0.25, 0.3) is 5.69 Å². The third kappa shape index (κ3) is 4.25. The van der Waals surface area contributed by atoms with Crippen molar-refractivity contribution in [2.45, 2.75) is 10.8 Å². The molecule has 1 heterocycles. The van der Waals surface area contributed by atoms with Crippen molar-refractivity contribution in [3.63, 3.8) is 0 Å². The van der Waals surface area contributed by atoms with Gasteiger partial charge >= 0.3 is 0 Å². The fraction of sp³-hybridized carbons (Fsp3) is 0.0588. The second-order valence-electron chi connectivity index (χ2n) is 5.99. The van der Waals surface area contributed by atoms with Gasteiger partial charge in [-0.15, -0.1) is 0 Å². The second kappa shape index (κ2) is 7.71. The van der Waals surface area contributed by atoms with E-state index in [1.807, 2.05) is 0 Å². The van der Waals surface area contributed by atoms with Gasteiger partial charge in [-0.25, -0.2) is 27.0 Å². The molecular formula is C17H12Cl2F2N4O3S. The van der Waals surface area contributed by atoms with Crippen LogP contribution in [0, 0.1) is 11.6 Å². The van der Waals surface area contributed by atoms with Gasteiger partial charge in [0.05, 0.1) is 27.8 Å². The molecule has 1 unspecified atom stereocenters. The minimum atomic E-state index is -4.31. The Labute approximate surface area is 173 Å². The van der Waals surface area contributed by atoms with E-state index in [1.165, 1.54) is 24.5 Å².